The summed E-state index contributed by atoms with van der Waals surface area (Å²) in [4.78, 5) is 13.4. The average molecular weight is 200 g/mol. The summed E-state index contributed by atoms with van der Waals surface area (Å²) in [6.07, 6.45) is 1.92. The molecular formula is C11H24N2O. The van der Waals surface area contributed by atoms with Gasteiger partial charge >= 0.3 is 0 Å². The van der Waals surface area contributed by atoms with Gasteiger partial charge in [0.15, 0.2) is 0 Å². The maximum atomic E-state index is 11.7. The molecule has 14 heavy (non-hydrogen) atoms. The Morgan fingerprint density at radius 3 is 2.00 bits per heavy atom. The van der Waals surface area contributed by atoms with Gasteiger partial charge in [0.05, 0.1) is 0 Å². The predicted octanol–water partition coefficient (Wildman–Crippen LogP) is 1.49. The van der Waals surface area contributed by atoms with Crippen molar-refractivity contribution in [3.8, 4) is 0 Å². The Morgan fingerprint density at radius 1 is 1.21 bits per heavy atom. The fraction of sp³-hybridized carbons (Fsp3) is 0.909. The largest absolute Gasteiger partial charge is 0.348 e. The second-order valence-corrected chi connectivity index (χ2v) is 4.01. The van der Waals surface area contributed by atoms with Gasteiger partial charge in [-0.2, -0.15) is 0 Å². The van der Waals surface area contributed by atoms with Crippen LogP contribution in [0, 0.1) is 5.41 Å². The molecule has 0 radical (unpaired) electrons. The lowest BCUT2D eigenvalue weighted by atomic mass is 9.80. The number of hydrogen-bond acceptors (Lipinski definition) is 2. The van der Waals surface area contributed by atoms with Crippen LogP contribution in [0.5, 0.6) is 0 Å². The van der Waals surface area contributed by atoms with E-state index in [1.807, 2.05) is 27.9 Å². The Morgan fingerprint density at radius 2 is 1.64 bits per heavy atom. The summed E-state index contributed by atoms with van der Waals surface area (Å²) in [5.74, 6) is 0.268. The number of carbonyl (C=O) groups is 1. The SMILES string of the molecule is CC.CN(C)C(=O)C1(C)CCNCC1. The molecule has 84 valence electrons. The van der Waals surface area contributed by atoms with Crippen molar-refractivity contribution in [3.05, 3.63) is 0 Å². The molecule has 1 aliphatic rings. The number of nitrogens with zero attached hydrogens (tertiary/aromatic N) is 1. The van der Waals surface area contributed by atoms with E-state index < -0.39 is 0 Å². The first-order valence-electron chi connectivity index (χ1n) is 5.49. The van der Waals surface area contributed by atoms with Crippen molar-refractivity contribution in [3.63, 3.8) is 0 Å². The zero-order valence-corrected chi connectivity index (χ0v) is 10.2. The molecule has 0 saturated carbocycles. The van der Waals surface area contributed by atoms with Crippen molar-refractivity contribution in [1.29, 1.82) is 0 Å². The van der Waals surface area contributed by atoms with Crippen LogP contribution < -0.4 is 5.32 Å². The highest BCUT2D eigenvalue weighted by Crippen LogP contribution is 2.29. The summed E-state index contributed by atoms with van der Waals surface area (Å²) in [5.41, 5.74) is -0.116. The van der Waals surface area contributed by atoms with Crippen LogP contribution in [0.1, 0.15) is 33.6 Å². The fourth-order valence-electron chi connectivity index (χ4n) is 1.73. The van der Waals surface area contributed by atoms with Crippen LogP contribution in [0.3, 0.4) is 0 Å². The van der Waals surface area contributed by atoms with Crippen LogP contribution in [0.15, 0.2) is 0 Å². The first kappa shape index (κ1) is 13.4. The van der Waals surface area contributed by atoms with E-state index in [0.717, 1.165) is 25.9 Å². The molecule has 1 amide bonds. The van der Waals surface area contributed by atoms with Crippen LogP contribution in [0.25, 0.3) is 0 Å². The summed E-state index contributed by atoms with van der Waals surface area (Å²) in [5, 5.41) is 3.26. The van der Waals surface area contributed by atoms with Crippen LogP contribution >= 0.6 is 0 Å². The quantitative estimate of drug-likeness (QED) is 0.695. The highest BCUT2D eigenvalue weighted by Gasteiger charge is 2.35. The second-order valence-electron chi connectivity index (χ2n) is 4.01. The minimum absolute atomic E-state index is 0.116. The van der Waals surface area contributed by atoms with Crippen LogP contribution in [-0.4, -0.2) is 38.0 Å². The first-order valence-corrected chi connectivity index (χ1v) is 5.49. The smallest absolute Gasteiger partial charge is 0.228 e. The molecule has 0 aromatic carbocycles. The van der Waals surface area contributed by atoms with Gasteiger partial charge in [0.25, 0.3) is 0 Å². The summed E-state index contributed by atoms with van der Waals surface area (Å²) in [6.45, 7) is 8.00. The second kappa shape index (κ2) is 6.02. The van der Waals surface area contributed by atoms with Gasteiger partial charge in [-0.25, -0.2) is 0 Å². The minimum Gasteiger partial charge on any atom is -0.348 e. The van der Waals surface area contributed by atoms with E-state index in [1.54, 1.807) is 4.90 Å². The van der Waals surface area contributed by atoms with E-state index in [4.69, 9.17) is 0 Å². The number of nitrogens with one attached hydrogen (secondary N) is 1. The van der Waals surface area contributed by atoms with Gasteiger partial charge in [-0.1, -0.05) is 20.8 Å². The van der Waals surface area contributed by atoms with E-state index in [0.29, 0.717) is 0 Å². The van der Waals surface area contributed by atoms with Crippen LogP contribution in [0.2, 0.25) is 0 Å². The van der Waals surface area contributed by atoms with E-state index in [9.17, 15) is 4.79 Å². The van der Waals surface area contributed by atoms with E-state index in [-0.39, 0.29) is 11.3 Å². The van der Waals surface area contributed by atoms with E-state index >= 15 is 0 Å². The monoisotopic (exact) mass is 200 g/mol. The predicted molar refractivity (Wildman–Crippen MR) is 60.3 cm³/mol. The van der Waals surface area contributed by atoms with Gasteiger partial charge < -0.3 is 10.2 Å². The lowest BCUT2D eigenvalue weighted by Crippen LogP contribution is -2.45. The normalized spacial score (nSPS) is 19.2. The van der Waals surface area contributed by atoms with Crippen molar-refractivity contribution in [2.24, 2.45) is 5.41 Å². The third-order valence-electron chi connectivity index (χ3n) is 2.63. The molecule has 1 fully saturated rings. The molecule has 0 aromatic heterocycles. The number of piperidine rings is 1. The summed E-state index contributed by atoms with van der Waals surface area (Å²) in [7, 11) is 3.66. The molecule has 0 spiro atoms. The molecule has 0 aromatic rings. The molecule has 1 heterocycles. The Kier molecular flexibility index (Phi) is 5.77. The number of hydrogen-bond donors (Lipinski definition) is 1. The first-order chi connectivity index (χ1) is 6.56. The van der Waals surface area contributed by atoms with Crippen LogP contribution in [0.4, 0.5) is 0 Å². The molecule has 1 rings (SSSR count). The van der Waals surface area contributed by atoms with Crippen molar-refractivity contribution >= 4 is 5.91 Å². The molecular weight excluding hydrogens is 176 g/mol. The van der Waals surface area contributed by atoms with Crippen molar-refractivity contribution < 1.29 is 4.79 Å². The van der Waals surface area contributed by atoms with E-state index in [2.05, 4.69) is 12.2 Å². The van der Waals surface area contributed by atoms with Gasteiger partial charge in [-0.15, -0.1) is 0 Å². The summed E-state index contributed by atoms with van der Waals surface area (Å²) < 4.78 is 0. The molecule has 0 bridgehead atoms. The highest BCUT2D eigenvalue weighted by atomic mass is 16.2. The average Bonchev–Trinajstić information content (AvgIpc) is 2.21. The molecule has 0 aliphatic carbocycles. The van der Waals surface area contributed by atoms with Crippen molar-refractivity contribution in [2.45, 2.75) is 33.6 Å². The Labute approximate surface area is 87.9 Å². The summed E-state index contributed by atoms with van der Waals surface area (Å²) in [6, 6.07) is 0. The lowest BCUT2D eigenvalue weighted by molar-refractivity contribution is -0.140. The summed E-state index contributed by atoms with van der Waals surface area (Å²) >= 11 is 0. The van der Waals surface area contributed by atoms with Gasteiger partial charge in [0, 0.05) is 19.5 Å². The molecule has 1 aliphatic heterocycles. The number of rotatable bonds is 1. The lowest BCUT2D eigenvalue weighted by Gasteiger charge is -2.34. The van der Waals surface area contributed by atoms with Gasteiger partial charge in [-0.05, 0) is 25.9 Å². The van der Waals surface area contributed by atoms with Gasteiger partial charge in [-0.3, -0.25) is 4.79 Å². The zero-order valence-electron chi connectivity index (χ0n) is 10.2. The third-order valence-corrected chi connectivity index (χ3v) is 2.63. The van der Waals surface area contributed by atoms with Gasteiger partial charge in [0.1, 0.15) is 0 Å². The fourth-order valence-corrected chi connectivity index (χ4v) is 1.73. The van der Waals surface area contributed by atoms with Crippen LogP contribution in [-0.2, 0) is 4.79 Å². The molecule has 0 unspecified atom stereocenters. The zero-order chi connectivity index (χ0) is 11.2. The highest BCUT2D eigenvalue weighted by molar-refractivity contribution is 5.81. The molecule has 1 N–H and O–H groups in total. The Bertz CT molecular complexity index is 172. The Balaban J connectivity index is 0.000000791. The molecule has 3 heteroatoms. The van der Waals surface area contributed by atoms with Gasteiger partial charge in [0.2, 0.25) is 5.91 Å². The number of carbonyl (C=O) groups excluding carboxylic acids is 1. The minimum atomic E-state index is -0.116. The van der Waals surface area contributed by atoms with Crippen molar-refractivity contribution in [1.82, 2.24) is 10.2 Å². The van der Waals surface area contributed by atoms with Crippen molar-refractivity contribution in [2.75, 3.05) is 27.2 Å². The topological polar surface area (TPSA) is 32.3 Å². The Hall–Kier alpha value is -0.570. The standard InChI is InChI=1S/C9H18N2O.C2H6/c1-9(8(12)11(2)3)4-6-10-7-5-9;1-2/h10H,4-7H2,1-3H3;1-2H3. The third kappa shape index (κ3) is 3.29. The molecule has 3 nitrogen and oxygen atoms in total. The maximum Gasteiger partial charge on any atom is 0.228 e. The van der Waals surface area contributed by atoms with E-state index in [1.165, 1.54) is 0 Å². The molecule has 1 saturated heterocycles. The maximum absolute atomic E-state index is 11.7. The number of amides is 1. The molecule has 0 atom stereocenters.